The summed E-state index contributed by atoms with van der Waals surface area (Å²) in [6.07, 6.45) is 1.60. The Bertz CT molecular complexity index is 641. The zero-order valence-corrected chi connectivity index (χ0v) is 11.0. The van der Waals surface area contributed by atoms with Crippen molar-refractivity contribution in [1.29, 1.82) is 0 Å². The number of hydrogen-bond donors (Lipinski definition) is 2. The molecule has 0 amide bonds. The van der Waals surface area contributed by atoms with E-state index < -0.39 is 17.6 Å². The van der Waals surface area contributed by atoms with E-state index in [1.54, 1.807) is 6.20 Å². The maximum absolute atomic E-state index is 13.6. The van der Waals surface area contributed by atoms with Crippen LogP contribution < -0.4 is 5.32 Å². The molecule has 0 spiro atoms. The number of nitrogens with one attached hydrogen (secondary N) is 2. The maximum atomic E-state index is 13.6. The lowest BCUT2D eigenvalue weighted by atomic mass is 10.1. The van der Waals surface area contributed by atoms with Crippen molar-refractivity contribution in [3.8, 4) is 0 Å². The fourth-order valence-corrected chi connectivity index (χ4v) is 1.70. The molecule has 0 saturated carbocycles. The van der Waals surface area contributed by atoms with Gasteiger partial charge in [0.05, 0.1) is 24.6 Å². The number of aryl methyl sites for hydroxylation is 1. The quantitative estimate of drug-likeness (QED) is 0.844. The molecule has 2 rings (SSSR count). The van der Waals surface area contributed by atoms with E-state index in [9.17, 15) is 13.6 Å². The summed E-state index contributed by atoms with van der Waals surface area (Å²) >= 11 is 0. The number of carbonyl (C=O) groups is 1. The van der Waals surface area contributed by atoms with Crippen LogP contribution >= 0.6 is 0 Å². The van der Waals surface area contributed by atoms with Crippen LogP contribution in [0.15, 0.2) is 18.3 Å². The first kappa shape index (κ1) is 14.0. The Hall–Kier alpha value is -2.44. The second-order valence-electron chi connectivity index (χ2n) is 4.18. The van der Waals surface area contributed by atoms with Gasteiger partial charge >= 0.3 is 5.97 Å². The van der Waals surface area contributed by atoms with Crippen molar-refractivity contribution < 1.29 is 18.3 Å². The fourth-order valence-electron chi connectivity index (χ4n) is 1.70. The van der Waals surface area contributed by atoms with E-state index in [1.807, 2.05) is 6.92 Å². The molecule has 5 nitrogen and oxygen atoms in total. The smallest absolute Gasteiger partial charge is 0.340 e. The lowest BCUT2D eigenvalue weighted by Crippen LogP contribution is -2.08. The molecule has 1 aromatic heterocycles. The predicted molar refractivity (Wildman–Crippen MR) is 68.3 cm³/mol. The van der Waals surface area contributed by atoms with Crippen molar-refractivity contribution in [2.75, 3.05) is 12.4 Å². The van der Waals surface area contributed by atoms with Crippen LogP contribution in [0.4, 0.5) is 14.5 Å². The minimum absolute atomic E-state index is 0.0207. The SMILES string of the molecule is COC(=O)c1cc(NCc2cn[nH]c2C)c(F)cc1F. The molecule has 0 saturated heterocycles. The van der Waals surface area contributed by atoms with E-state index in [1.165, 1.54) is 0 Å². The summed E-state index contributed by atoms with van der Waals surface area (Å²) in [5, 5.41) is 9.38. The number of aromatic nitrogens is 2. The number of benzene rings is 1. The molecule has 0 radical (unpaired) electrons. The van der Waals surface area contributed by atoms with Crippen LogP contribution in [0, 0.1) is 18.6 Å². The number of ether oxygens (including phenoxy) is 1. The highest BCUT2D eigenvalue weighted by molar-refractivity contribution is 5.90. The number of aromatic amines is 1. The summed E-state index contributed by atoms with van der Waals surface area (Å²) in [5.41, 5.74) is 1.38. The van der Waals surface area contributed by atoms with E-state index in [0.717, 1.165) is 24.4 Å². The number of anilines is 1. The lowest BCUT2D eigenvalue weighted by molar-refractivity contribution is 0.0595. The molecule has 20 heavy (non-hydrogen) atoms. The number of rotatable bonds is 4. The van der Waals surface area contributed by atoms with Gasteiger partial charge in [-0.2, -0.15) is 5.10 Å². The van der Waals surface area contributed by atoms with Crippen molar-refractivity contribution >= 4 is 11.7 Å². The van der Waals surface area contributed by atoms with Crippen molar-refractivity contribution in [2.45, 2.75) is 13.5 Å². The van der Waals surface area contributed by atoms with Crippen LogP contribution in [0.25, 0.3) is 0 Å². The molecule has 0 atom stereocenters. The van der Waals surface area contributed by atoms with Gasteiger partial charge in [-0.15, -0.1) is 0 Å². The van der Waals surface area contributed by atoms with Crippen molar-refractivity contribution in [2.24, 2.45) is 0 Å². The van der Waals surface area contributed by atoms with Gasteiger partial charge in [-0.25, -0.2) is 13.6 Å². The van der Waals surface area contributed by atoms with Gasteiger partial charge in [-0.1, -0.05) is 0 Å². The van der Waals surface area contributed by atoms with Crippen molar-refractivity contribution in [1.82, 2.24) is 10.2 Å². The number of esters is 1. The zero-order valence-electron chi connectivity index (χ0n) is 11.0. The Morgan fingerprint density at radius 3 is 2.75 bits per heavy atom. The summed E-state index contributed by atoms with van der Waals surface area (Å²) in [5.74, 6) is -2.60. The van der Waals surface area contributed by atoms with Gasteiger partial charge in [0.25, 0.3) is 0 Å². The largest absolute Gasteiger partial charge is 0.465 e. The molecule has 7 heteroatoms. The van der Waals surface area contributed by atoms with E-state index in [0.29, 0.717) is 12.6 Å². The molecular formula is C13H13F2N3O2. The highest BCUT2D eigenvalue weighted by atomic mass is 19.1. The third-order valence-corrected chi connectivity index (χ3v) is 2.87. The third kappa shape index (κ3) is 2.76. The average molecular weight is 281 g/mol. The molecule has 0 bridgehead atoms. The van der Waals surface area contributed by atoms with Gasteiger partial charge in [0.15, 0.2) is 0 Å². The number of H-pyrrole nitrogens is 1. The van der Waals surface area contributed by atoms with Crippen LogP contribution in [0.1, 0.15) is 21.6 Å². The van der Waals surface area contributed by atoms with E-state index >= 15 is 0 Å². The van der Waals surface area contributed by atoms with Crippen LogP contribution in [-0.2, 0) is 11.3 Å². The topological polar surface area (TPSA) is 67.0 Å². The Labute approximate surface area is 114 Å². The van der Waals surface area contributed by atoms with E-state index in [2.05, 4.69) is 20.3 Å². The van der Waals surface area contributed by atoms with Gasteiger partial charge in [-0.05, 0) is 13.0 Å². The molecule has 2 N–H and O–H groups in total. The monoisotopic (exact) mass is 281 g/mol. The van der Waals surface area contributed by atoms with Gasteiger partial charge in [0.1, 0.15) is 11.6 Å². The summed E-state index contributed by atoms with van der Waals surface area (Å²) < 4.78 is 31.5. The van der Waals surface area contributed by atoms with Crippen LogP contribution in [-0.4, -0.2) is 23.3 Å². The standard InChI is InChI=1S/C13H13F2N3O2/c1-7-8(6-17-18-7)5-16-12-3-9(13(19)20-2)10(14)4-11(12)15/h3-4,6,16H,5H2,1-2H3,(H,17,18). The Kier molecular flexibility index (Phi) is 3.97. The van der Waals surface area contributed by atoms with E-state index in [-0.39, 0.29) is 11.3 Å². The van der Waals surface area contributed by atoms with Gasteiger partial charge < -0.3 is 10.1 Å². The first-order valence-electron chi connectivity index (χ1n) is 5.83. The summed E-state index contributed by atoms with van der Waals surface area (Å²) in [6, 6.07) is 1.74. The summed E-state index contributed by atoms with van der Waals surface area (Å²) in [4.78, 5) is 11.4. The highest BCUT2D eigenvalue weighted by Crippen LogP contribution is 2.21. The molecular weight excluding hydrogens is 268 g/mol. The number of nitrogens with zero attached hydrogens (tertiary/aromatic N) is 1. The number of methoxy groups -OCH3 is 1. The zero-order chi connectivity index (χ0) is 14.7. The summed E-state index contributed by atoms with van der Waals surface area (Å²) in [6.45, 7) is 2.12. The minimum Gasteiger partial charge on any atom is -0.465 e. The Morgan fingerprint density at radius 1 is 1.40 bits per heavy atom. The normalized spacial score (nSPS) is 10.4. The van der Waals surface area contributed by atoms with Crippen molar-refractivity contribution in [3.63, 3.8) is 0 Å². The molecule has 2 aromatic rings. The van der Waals surface area contributed by atoms with Gasteiger partial charge in [0, 0.05) is 23.9 Å². The molecule has 1 aromatic carbocycles. The molecule has 0 fully saturated rings. The third-order valence-electron chi connectivity index (χ3n) is 2.87. The Balaban J connectivity index is 2.23. The average Bonchev–Trinajstić information content (AvgIpc) is 2.82. The number of hydrogen-bond acceptors (Lipinski definition) is 4. The first-order chi connectivity index (χ1) is 9.52. The van der Waals surface area contributed by atoms with Gasteiger partial charge in [0.2, 0.25) is 0 Å². The minimum atomic E-state index is -0.959. The first-order valence-corrected chi connectivity index (χ1v) is 5.83. The van der Waals surface area contributed by atoms with Crippen LogP contribution in [0.5, 0.6) is 0 Å². The lowest BCUT2D eigenvalue weighted by Gasteiger charge is -2.09. The fraction of sp³-hybridized carbons (Fsp3) is 0.231. The maximum Gasteiger partial charge on any atom is 0.340 e. The number of carbonyl (C=O) groups excluding carboxylic acids is 1. The molecule has 0 aliphatic carbocycles. The molecule has 106 valence electrons. The summed E-state index contributed by atoms with van der Waals surface area (Å²) in [7, 11) is 1.13. The van der Waals surface area contributed by atoms with Crippen LogP contribution in [0.3, 0.4) is 0 Å². The second kappa shape index (κ2) is 5.68. The number of halogens is 2. The Morgan fingerprint density at radius 2 is 2.15 bits per heavy atom. The molecule has 0 unspecified atom stereocenters. The molecule has 1 heterocycles. The second-order valence-corrected chi connectivity index (χ2v) is 4.18. The molecule has 0 aliphatic rings. The van der Waals surface area contributed by atoms with Crippen LogP contribution in [0.2, 0.25) is 0 Å². The van der Waals surface area contributed by atoms with Crippen molar-refractivity contribution in [3.05, 3.63) is 46.8 Å². The van der Waals surface area contributed by atoms with Gasteiger partial charge in [-0.3, -0.25) is 5.10 Å². The predicted octanol–water partition coefficient (Wildman–Crippen LogP) is 2.40. The molecule has 0 aliphatic heterocycles. The van der Waals surface area contributed by atoms with E-state index in [4.69, 9.17) is 0 Å². The highest BCUT2D eigenvalue weighted by Gasteiger charge is 2.16.